The normalized spacial score (nSPS) is 18.4. The van der Waals surface area contributed by atoms with Gasteiger partial charge in [-0.25, -0.2) is 0 Å². The van der Waals surface area contributed by atoms with Crippen molar-refractivity contribution >= 4 is 5.91 Å². The third kappa shape index (κ3) is 2.84. The number of rotatable bonds is 4. The largest absolute Gasteiger partial charge is 0.337 e. The van der Waals surface area contributed by atoms with E-state index in [2.05, 4.69) is 15.2 Å². The number of aromatic nitrogens is 4. The van der Waals surface area contributed by atoms with E-state index in [1.54, 1.807) is 29.6 Å². The molecule has 0 saturated carbocycles. The van der Waals surface area contributed by atoms with Gasteiger partial charge in [0.25, 0.3) is 0 Å². The van der Waals surface area contributed by atoms with Gasteiger partial charge in [-0.3, -0.25) is 9.78 Å². The lowest BCUT2D eigenvalue weighted by Crippen LogP contribution is -2.39. The van der Waals surface area contributed by atoms with Crippen LogP contribution in [0.5, 0.6) is 0 Å². The predicted molar refractivity (Wildman–Crippen MR) is 72.7 cm³/mol. The van der Waals surface area contributed by atoms with Gasteiger partial charge in [0.2, 0.25) is 5.91 Å². The van der Waals surface area contributed by atoms with Crippen LogP contribution in [0.1, 0.15) is 18.4 Å². The van der Waals surface area contributed by atoms with E-state index in [0.717, 1.165) is 24.9 Å². The second-order valence-corrected chi connectivity index (χ2v) is 5.01. The van der Waals surface area contributed by atoms with Crippen LogP contribution in [0.3, 0.4) is 0 Å². The van der Waals surface area contributed by atoms with Crippen molar-refractivity contribution in [2.45, 2.75) is 31.8 Å². The molecule has 1 unspecified atom stereocenters. The fourth-order valence-corrected chi connectivity index (χ4v) is 2.66. The molecule has 0 aliphatic carbocycles. The number of pyridine rings is 1. The molecular formula is C14H17N5O. The van der Waals surface area contributed by atoms with Gasteiger partial charge in [-0.2, -0.15) is 15.0 Å². The van der Waals surface area contributed by atoms with E-state index in [1.165, 1.54) is 0 Å². The van der Waals surface area contributed by atoms with Crippen molar-refractivity contribution in [2.75, 3.05) is 6.54 Å². The summed E-state index contributed by atoms with van der Waals surface area (Å²) in [6.45, 7) is 1.50. The zero-order valence-corrected chi connectivity index (χ0v) is 11.2. The Kier molecular flexibility index (Phi) is 3.71. The highest BCUT2D eigenvalue weighted by atomic mass is 16.2. The van der Waals surface area contributed by atoms with Crippen LogP contribution >= 0.6 is 0 Å². The highest BCUT2D eigenvalue weighted by Crippen LogP contribution is 2.19. The van der Waals surface area contributed by atoms with Gasteiger partial charge in [-0.15, -0.1) is 0 Å². The molecular weight excluding hydrogens is 254 g/mol. The van der Waals surface area contributed by atoms with Gasteiger partial charge in [-0.05, 0) is 24.5 Å². The molecule has 1 atom stereocenters. The van der Waals surface area contributed by atoms with Crippen molar-refractivity contribution in [1.82, 2.24) is 24.9 Å². The lowest BCUT2D eigenvalue weighted by molar-refractivity contribution is -0.131. The van der Waals surface area contributed by atoms with Crippen LogP contribution in [0, 0.1) is 0 Å². The summed E-state index contributed by atoms with van der Waals surface area (Å²) in [5.74, 6) is 0.160. The Hall–Kier alpha value is -2.24. The third-order valence-electron chi connectivity index (χ3n) is 3.62. The maximum atomic E-state index is 12.4. The van der Waals surface area contributed by atoms with Crippen molar-refractivity contribution in [3.05, 3.63) is 42.5 Å². The van der Waals surface area contributed by atoms with Crippen molar-refractivity contribution in [2.24, 2.45) is 0 Å². The summed E-state index contributed by atoms with van der Waals surface area (Å²) < 4.78 is 0. The summed E-state index contributed by atoms with van der Waals surface area (Å²) >= 11 is 0. The van der Waals surface area contributed by atoms with E-state index in [9.17, 15) is 4.79 Å². The molecule has 1 saturated heterocycles. The Labute approximate surface area is 117 Å². The molecule has 3 rings (SSSR count). The molecule has 0 bridgehead atoms. The molecule has 0 spiro atoms. The van der Waals surface area contributed by atoms with Crippen molar-refractivity contribution in [1.29, 1.82) is 0 Å². The number of likely N-dealkylation sites (tertiary alicyclic amines) is 1. The van der Waals surface area contributed by atoms with E-state index < -0.39 is 0 Å². The molecule has 3 heterocycles. The molecule has 0 aromatic carbocycles. The summed E-state index contributed by atoms with van der Waals surface area (Å²) in [6.07, 6.45) is 9.27. The van der Waals surface area contributed by atoms with Crippen molar-refractivity contribution in [3.8, 4) is 0 Å². The van der Waals surface area contributed by atoms with Crippen LogP contribution in [0.2, 0.25) is 0 Å². The number of carbonyl (C=O) groups excluding carboxylic acids is 1. The smallest absolute Gasteiger partial charge is 0.227 e. The van der Waals surface area contributed by atoms with Crippen LogP contribution in [-0.4, -0.2) is 43.4 Å². The van der Waals surface area contributed by atoms with E-state index >= 15 is 0 Å². The van der Waals surface area contributed by atoms with E-state index in [1.807, 2.05) is 17.0 Å². The zero-order valence-electron chi connectivity index (χ0n) is 11.2. The van der Waals surface area contributed by atoms with Crippen LogP contribution in [0.25, 0.3) is 0 Å². The minimum Gasteiger partial charge on any atom is -0.337 e. The zero-order chi connectivity index (χ0) is 13.8. The fraction of sp³-hybridized carbons (Fsp3) is 0.429. The number of carbonyl (C=O) groups is 1. The Morgan fingerprint density at radius 3 is 2.90 bits per heavy atom. The maximum absolute atomic E-state index is 12.4. The summed E-state index contributed by atoms with van der Waals surface area (Å²) in [4.78, 5) is 20.1. The maximum Gasteiger partial charge on any atom is 0.227 e. The monoisotopic (exact) mass is 271 g/mol. The molecule has 6 heteroatoms. The Balaban J connectivity index is 1.64. The molecule has 6 nitrogen and oxygen atoms in total. The first-order chi connectivity index (χ1) is 9.83. The first-order valence-electron chi connectivity index (χ1n) is 6.85. The average Bonchev–Trinajstić information content (AvgIpc) is 3.12. The molecule has 1 aliphatic rings. The highest BCUT2D eigenvalue weighted by Gasteiger charge is 2.29. The summed E-state index contributed by atoms with van der Waals surface area (Å²) in [5.41, 5.74) is 0.959. The van der Waals surface area contributed by atoms with Crippen LogP contribution in [-0.2, 0) is 17.8 Å². The van der Waals surface area contributed by atoms with Crippen molar-refractivity contribution in [3.63, 3.8) is 0 Å². The molecule has 2 aromatic heterocycles. The first-order valence-corrected chi connectivity index (χ1v) is 6.85. The van der Waals surface area contributed by atoms with Crippen LogP contribution in [0.15, 0.2) is 36.9 Å². The number of hydrogen-bond acceptors (Lipinski definition) is 4. The van der Waals surface area contributed by atoms with E-state index in [0.29, 0.717) is 13.0 Å². The molecule has 20 heavy (non-hydrogen) atoms. The molecule has 0 N–H and O–H groups in total. The quantitative estimate of drug-likeness (QED) is 0.829. The Morgan fingerprint density at radius 1 is 1.30 bits per heavy atom. The van der Waals surface area contributed by atoms with E-state index in [4.69, 9.17) is 0 Å². The highest BCUT2D eigenvalue weighted by molar-refractivity contribution is 5.79. The minimum atomic E-state index is 0.160. The summed E-state index contributed by atoms with van der Waals surface area (Å²) in [5, 5.41) is 8.23. The lowest BCUT2D eigenvalue weighted by Gasteiger charge is -2.24. The summed E-state index contributed by atoms with van der Waals surface area (Å²) in [6, 6.07) is 3.99. The second-order valence-electron chi connectivity index (χ2n) is 5.01. The number of amides is 1. The first kappa shape index (κ1) is 12.8. The minimum absolute atomic E-state index is 0.160. The molecule has 1 aliphatic heterocycles. The van der Waals surface area contributed by atoms with Gasteiger partial charge in [0.1, 0.15) is 0 Å². The molecule has 1 fully saturated rings. The van der Waals surface area contributed by atoms with Gasteiger partial charge >= 0.3 is 0 Å². The molecule has 2 aromatic rings. The third-order valence-corrected chi connectivity index (χ3v) is 3.62. The summed E-state index contributed by atoms with van der Waals surface area (Å²) in [7, 11) is 0. The fourth-order valence-electron chi connectivity index (χ4n) is 2.66. The van der Waals surface area contributed by atoms with Crippen molar-refractivity contribution < 1.29 is 4.79 Å². The molecule has 104 valence electrons. The second kappa shape index (κ2) is 5.81. The van der Waals surface area contributed by atoms with Crippen LogP contribution < -0.4 is 0 Å². The Bertz CT molecular complexity index is 554. The van der Waals surface area contributed by atoms with Gasteiger partial charge < -0.3 is 4.90 Å². The van der Waals surface area contributed by atoms with Gasteiger partial charge in [-0.1, -0.05) is 6.07 Å². The van der Waals surface area contributed by atoms with Gasteiger partial charge in [0, 0.05) is 18.9 Å². The van der Waals surface area contributed by atoms with Gasteiger partial charge in [0.15, 0.2) is 0 Å². The average molecular weight is 271 g/mol. The number of hydrogen-bond donors (Lipinski definition) is 0. The SMILES string of the molecule is O=C(Cc1cccnc1)N1CCCC1Cn1nccn1. The molecule has 1 amide bonds. The van der Waals surface area contributed by atoms with Gasteiger partial charge in [0.05, 0.1) is 31.4 Å². The Morgan fingerprint density at radius 2 is 2.15 bits per heavy atom. The predicted octanol–water partition coefficient (Wildman–Crippen LogP) is 0.907. The number of nitrogens with zero attached hydrogens (tertiary/aromatic N) is 5. The molecule has 0 radical (unpaired) electrons. The topological polar surface area (TPSA) is 63.9 Å². The lowest BCUT2D eigenvalue weighted by atomic mass is 10.1. The van der Waals surface area contributed by atoms with Crippen LogP contribution in [0.4, 0.5) is 0 Å². The standard InChI is InChI=1S/C14H17N5O/c20-14(9-12-3-1-5-15-10-12)18-8-2-4-13(18)11-19-16-6-7-17-19/h1,3,5-7,10,13H,2,4,8-9,11H2. The van der Waals surface area contributed by atoms with E-state index in [-0.39, 0.29) is 11.9 Å².